The van der Waals surface area contributed by atoms with Crippen LogP contribution >= 0.6 is 0 Å². The highest BCUT2D eigenvalue weighted by molar-refractivity contribution is 5.87. The lowest BCUT2D eigenvalue weighted by atomic mass is 9.83. The Morgan fingerprint density at radius 1 is 1.00 bits per heavy atom. The topological polar surface area (TPSA) is 79.5 Å². The van der Waals surface area contributed by atoms with Crippen LogP contribution in [0, 0.1) is 0 Å². The van der Waals surface area contributed by atoms with Crippen LogP contribution in [-0.4, -0.2) is 62.2 Å². The molecule has 8 nitrogen and oxygen atoms in total. The second kappa shape index (κ2) is 6.36. The average molecular weight is 351 g/mol. The van der Waals surface area contributed by atoms with E-state index in [1.807, 2.05) is 61.2 Å². The summed E-state index contributed by atoms with van der Waals surface area (Å²) in [6.07, 6.45) is 0. The van der Waals surface area contributed by atoms with E-state index in [0.717, 1.165) is 24.5 Å². The quantitative estimate of drug-likeness (QED) is 0.704. The minimum absolute atomic E-state index is 0.159. The van der Waals surface area contributed by atoms with Crippen LogP contribution in [0.2, 0.25) is 0 Å². The molecule has 0 radical (unpaired) electrons. The van der Waals surface area contributed by atoms with Gasteiger partial charge in [0.2, 0.25) is 5.91 Å². The van der Waals surface area contributed by atoms with Crippen molar-refractivity contribution >= 4 is 17.4 Å². The lowest BCUT2D eigenvalue weighted by Gasteiger charge is -2.39. The van der Waals surface area contributed by atoms with E-state index in [0.29, 0.717) is 18.7 Å². The maximum absolute atomic E-state index is 13.1. The van der Waals surface area contributed by atoms with E-state index in [9.17, 15) is 4.79 Å². The molecule has 1 amide bonds. The van der Waals surface area contributed by atoms with E-state index in [4.69, 9.17) is 0 Å². The molecule has 3 aromatic rings. The second-order valence-corrected chi connectivity index (χ2v) is 6.99. The maximum Gasteiger partial charge on any atom is 0.232 e. The molecule has 1 fully saturated rings. The van der Waals surface area contributed by atoms with Crippen molar-refractivity contribution in [2.24, 2.45) is 0 Å². The number of anilines is 1. The minimum Gasteiger partial charge on any atom is -0.352 e. The van der Waals surface area contributed by atoms with Gasteiger partial charge in [-0.1, -0.05) is 30.3 Å². The number of carbonyl (C=O) groups is 1. The highest BCUT2D eigenvalue weighted by Gasteiger charge is 2.35. The van der Waals surface area contributed by atoms with Gasteiger partial charge in [-0.25, -0.2) is 0 Å². The molecule has 1 aliphatic rings. The first-order valence-corrected chi connectivity index (χ1v) is 8.71. The first kappa shape index (κ1) is 16.4. The summed E-state index contributed by atoms with van der Waals surface area (Å²) in [6.45, 7) is 6.79. The summed E-state index contributed by atoms with van der Waals surface area (Å²) in [5.74, 6) is 0.978. The highest BCUT2D eigenvalue weighted by atomic mass is 16.2. The maximum atomic E-state index is 13.1. The predicted octanol–water partition coefficient (Wildman–Crippen LogP) is 1.15. The third-order valence-corrected chi connectivity index (χ3v) is 4.98. The second-order valence-electron chi connectivity index (χ2n) is 6.99. The Labute approximate surface area is 151 Å². The predicted molar refractivity (Wildman–Crippen MR) is 96.8 cm³/mol. The summed E-state index contributed by atoms with van der Waals surface area (Å²) in [6, 6.07) is 13.7. The van der Waals surface area contributed by atoms with Crippen molar-refractivity contribution in [1.82, 2.24) is 30.2 Å². The molecule has 0 saturated carbocycles. The molecular weight excluding hydrogens is 330 g/mol. The van der Waals surface area contributed by atoms with Gasteiger partial charge < -0.3 is 9.80 Å². The monoisotopic (exact) mass is 351 g/mol. The van der Waals surface area contributed by atoms with Gasteiger partial charge in [0.15, 0.2) is 11.5 Å². The molecule has 0 N–H and O–H groups in total. The lowest BCUT2D eigenvalue weighted by Crippen LogP contribution is -2.53. The summed E-state index contributed by atoms with van der Waals surface area (Å²) in [5, 5.41) is 15.7. The van der Waals surface area contributed by atoms with E-state index < -0.39 is 5.41 Å². The Bertz CT molecular complexity index is 913. The van der Waals surface area contributed by atoms with Gasteiger partial charge in [-0.3, -0.25) is 4.79 Å². The smallest absolute Gasteiger partial charge is 0.232 e. The number of rotatable bonds is 3. The molecule has 0 spiro atoms. The molecule has 1 aromatic carbocycles. The van der Waals surface area contributed by atoms with Gasteiger partial charge in [0.25, 0.3) is 0 Å². The van der Waals surface area contributed by atoms with Crippen LogP contribution in [0.15, 0.2) is 42.5 Å². The first-order chi connectivity index (χ1) is 12.6. The molecule has 0 atom stereocenters. The lowest BCUT2D eigenvalue weighted by molar-refractivity contribution is -0.136. The number of hydrogen-bond acceptors (Lipinski definition) is 6. The van der Waals surface area contributed by atoms with Crippen molar-refractivity contribution in [2.45, 2.75) is 19.3 Å². The van der Waals surface area contributed by atoms with Crippen LogP contribution in [-0.2, 0) is 10.2 Å². The molecule has 8 heteroatoms. The van der Waals surface area contributed by atoms with Gasteiger partial charge in [-0.15, -0.1) is 14.8 Å². The molecule has 1 aliphatic heterocycles. The molecule has 3 heterocycles. The number of piperazine rings is 1. The fraction of sp³-hybridized carbons (Fsp3) is 0.389. The molecular formula is C18H21N7O. The summed E-state index contributed by atoms with van der Waals surface area (Å²) in [7, 11) is 0. The van der Waals surface area contributed by atoms with Gasteiger partial charge >= 0.3 is 0 Å². The zero-order chi connectivity index (χ0) is 18.1. The molecule has 1 saturated heterocycles. The van der Waals surface area contributed by atoms with Gasteiger partial charge in [0, 0.05) is 26.2 Å². The van der Waals surface area contributed by atoms with Crippen molar-refractivity contribution in [2.75, 3.05) is 31.1 Å². The molecule has 26 heavy (non-hydrogen) atoms. The van der Waals surface area contributed by atoms with Gasteiger partial charge in [-0.05, 0) is 42.0 Å². The summed E-state index contributed by atoms with van der Waals surface area (Å²) < 4.78 is 1.42. The van der Waals surface area contributed by atoms with Crippen LogP contribution in [0.4, 0.5) is 5.82 Å². The third-order valence-electron chi connectivity index (χ3n) is 4.98. The number of carbonyl (C=O) groups excluding carboxylic acids is 1. The van der Waals surface area contributed by atoms with Crippen LogP contribution in [0.5, 0.6) is 0 Å². The average Bonchev–Trinajstić information content (AvgIpc) is 3.16. The van der Waals surface area contributed by atoms with Crippen LogP contribution in [0.25, 0.3) is 5.65 Å². The number of nitrogens with zero attached hydrogens (tertiary/aromatic N) is 7. The summed E-state index contributed by atoms with van der Waals surface area (Å²) in [5.41, 5.74) is 1.12. The fourth-order valence-electron chi connectivity index (χ4n) is 3.32. The van der Waals surface area contributed by atoms with E-state index in [1.165, 1.54) is 4.63 Å². The Balaban J connectivity index is 1.45. The van der Waals surface area contributed by atoms with Gasteiger partial charge in [0.1, 0.15) is 0 Å². The number of tetrazole rings is 1. The van der Waals surface area contributed by atoms with Crippen molar-refractivity contribution in [1.29, 1.82) is 0 Å². The molecule has 4 rings (SSSR count). The van der Waals surface area contributed by atoms with Gasteiger partial charge in [0.05, 0.1) is 5.41 Å². The largest absolute Gasteiger partial charge is 0.352 e. The van der Waals surface area contributed by atoms with Crippen molar-refractivity contribution < 1.29 is 4.79 Å². The highest BCUT2D eigenvalue weighted by Crippen LogP contribution is 2.26. The molecule has 134 valence electrons. The van der Waals surface area contributed by atoms with Crippen LogP contribution in [0.3, 0.4) is 0 Å². The number of fused-ring (bicyclic) bond motifs is 1. The standard InChI is InChI=1S/C18H21N7O/c1-18(2,14-6-4-3-5-7-14)17(26)24-12-10-23(11-13-24)16-9-8-15-19-21-22-25(15)20-16/h3-9H,10-13H2,1-2H3. The van der Waals surface area contributed by atoms with Crippen LogP contribution in [0.1, 0.15) is 19.4 Å². The van der Waals surface area contributed by atoms with Crippen molar-refractivity contribution in [3.63, 3.8) is 0 Å². The number of amides is 1. The number of aromatic nitrogens is 5. The van der Waals surface area contributed by atoms with E-state index in [-0.39, 0.29) is 5.91 Å². The molecule has 0 aliphatic carbocycles. The van der Waals surface area contributed by atoms with Crippen molar-refractivity contribution in [3.05, 3.63) is 48.0 Å². The first-order valence-electron chi connectivity index (χ1n) is 8.71. The van der Waals surface area contributed by atoms with Crippen molar-refractivity contribution in [3.8, 4) is 0 Å². The van der Waals surface area contributed by atoms with E-state index in [1.54, 1.807) is 0 Å². The normalized spacial score (nSPS) is 15.5. The summed E-state index contributed by atoms with van der Waals surface area (Å²) >= 11 is 0. The zero-order valence-corrected chi connectivity index (χ0v) is 14.9. The Morgan fingerprint density at radius 2 is 1.73 bits per heavy atom. The number of benzene rings is 1. The minimum atomic E-state index is -0.535. The summed E-state index contributed by atoms with van der Waals surface area (Å²) in [4.78, 5) is 17.2. The van der Waals surface area contributed by atoms with Crippen LogP contribution < -0.4 is 4.90 Å². The molecule has 0 bridgehead atoms. The SMILES string of the molecule is CC(C)(C(=O)N1CCN(c2ccc3nnnn3n2)CC1)c1ccccc1. The fourth-order valence-corrected chi connectivity index (χ4v) is 3.32. The Morgan fingerprint density at radius 3 is 2.46 bits per heavy atom. The molecule has 2 aromatic heterocycles. The van der Waals surface area contributed by atoms with E-state index in [2.05, 4.69) is 25.5 Å². The molecule has 0 unspecified atom stereocenters. The van der Waals surface area contributed by atoms with E-state index >= 15 is 0 Å². The van der Waals surface area contributed by atoms with Gasteiger partial charge in [-0.2, -0.15) is 0 Å². The Kier molecular flexibility index (Phi) is 4.02. The third kappa shape index (κ3) is 2.87. The Hall–Kier alpha value is -3.03. The number of hydrogen-bond donors (Lipinski definition) is 0. The zero-order valence-electron chi connectivity index (χ0n) is 14.9.